The molecule has 0 aliphatic heterocycles. The quantitative estimate of drug-likeness (QED) is 0.612. The van der Waals surface area contributed by atoms with Crippen molar-refractivity contribution < 1.29 is 4.79 Å². The van der Waals surface area contributed by atoms with Gasteiger partial charge in [0.15, 0.2) is 11.0 Å². The Morgan fingerprint density at radius 1 is 1.11 bits per heavy atom. The largest absolute Gasteiger partial charge is 0.351 e. The summed E-state index contributed by atoms with van der Waals surface area (Å²) in [4.78, 5) is 16.4. The summed E-state index contributed by atoms with van der Waals surface area (Å²) in [5.41, 5.74) is 2.84. The molecule has 0 fully saturated rings. The van der Waals surface area contributed by atoms with Crippen LogP contribution in [0.25, 0.3) is 17.1 Å². The van der Waals surface area contributed by atoms with E-state index in [9.17, 15) is 4.79 Å². The molecule has 0 radical (unpaired) electrons. The third-order valence-electron chi connectivity index (χ3n) is 4.56. The van der Waals surface area contributed by atoms with Crippen molar-refractivity contribution in [2.45, 2.75) is 44.8 Å². The number of pyridine rings is 1. The van der Waals surface area contributed by atoms with E-state index < -0.39 is 0 Å². The molecule has 6 nitrogen and oxygen atoms in total. The molecule has 0 atom stereocenters. The first kappa shape index (κ1) is 20.1. The summed E-state index contributed by atoms with van der Waals surface area (Å²) in [5.74, 6) is 0.993. The number of aryl methyl sites for hydroxylation is 1. The molecular weight excluding hydrogens is 370 g/mol. The number of carbonyl (C=O) groups is 1. The molecule has 1 aromatic carbocycles. The zero-order chi connectivity index (χ0) is 20.1. The first-order valence-corrected chi connectivity index (χ1v) is 10.2. The molecule has 0 bridgehead atoms. The number of thioether (sulfide) groups is 1. The Kier molecular flexibility index (Phi) is 6.14. The lowest BCUT2D eigenvalue weighted by molar-refractivity contribution is -0.120. The van der Waals surface area contributed by atoms with E-state index in [1.54, 1.807) is 12.4 Å². The topological polar surface area (TPSA) is 72.7 Å². The lowest BCUT2D eigenvalue weighted by Gasteiger charge is -2.24. The molecule has 0 unspecified atom stereocenters. The minimum Gasteiger partial charge on any atom is -0.351 e. The van der Waals surface area contributed by atoms with Crippen LogP contribution in [-0.4, -0.2) is 36.9 Å². The predicted octanol–water partition coefficient (Wildman–Crippen LogP) is 4.03. The zero-order valence-electron chi connectivity index (χ0n) is 16.6. The van der Waals surface area contributed by atoms with Gasteiger partial charge in [0.2, 0.25) is 5.91 Å². The molecule has 0 saturated heterocycles. The van der Waals surface area contributed by atoms with Gasteiger partial charge in [0, 0.05) is 29.2 Å². The summed E-state index contributed by atoms with van der Waals surface area (Å²) in [6, 6.07) is 12.0. The van der Waals surface area contributed by atoms with Crippen molar-refractivity contribution in [2.75, 3.05) is 5.75 Å². The summed E-state index contributed by atoms with van der Waals surface area (Å²) in [6.45, 7) is 8.15. The van der Waals surface area contributed by atoms with Gasteiger partial charge in [-0.3, -0.25) is 14.3 Å². The maximum atomic E-state index is 12.4. The Balaban J connectivity index is 1.90. The molecule has 0 aliphatic carbocycles. The second-order valence-electron chi connectivity index (χ2n) is 7.29. The van der Waals surface area contributed by atoms with Gasteiger partial charge in [0.1, 0.15) is 0 Å². The fourth-order valence-corrected chi connectivity index (χ4v) is 3.36. The van der Waals surface area contributed by atoms with Crippen LogP contribution in [-0.2, 0) is 4.79 Å². The molecule has 28 heavy (non-hydrogen) atoms. The van der Waals surface area contributed by atoms with E-state index in [-0.39, 0.29) is 17.2 Å². The van der Waals surface area contributed by atoms with Gasteiger partial charge in [-0.2, -0.15) is 0 Å². The second-order valence-corrected chi connectivity index (χ2v) is 8.23. The second kappa shape index (κ2) is 8.56. The van der Waals surface area contributed by atoms with E-state index in [0.29, 0.717) is 5.16 Å². The van der Waals surface area contributed by atoms with E-state index in [2.05, 4.69) is 46.5 Å². The molecule has 1 N–H and O–H groups in total. The fraction of sp³-hybridized carbons (Fsp3) is 0.333. The molecule has 0 saturated carbocycles. The summed E-state index contributed by atoms with van der Waals surface area (Å²) in [7, 11) is 0. The van der Waals surface area contributed by atoms with Crippen LogP contribution in [0.4, 0.5) is 0 Å². The van der Waals surface area contributed by atoms with Crippen molar-refractivity contribution in [2.24, 2.45) is 0 Å². The molecule has 0 spiro atoms. The first-order valence-electron chi connectivity index (χ1n) is 9.26. The molecule has 3 rings (SSSR count). The predicted molar refractivity (Wildman–Crippen MR) is 113 cm³/mol. The van der Waals surface area contributed by atoms with Gasteiger partial charge < -0.3 is 5.32 Å². The third-order valence-corrected chi connectivity index (χ3v) is 5.49. The highest BCUT2D eigenvalue weighted by atomic mass is 32.2. The van der Waals surface area contributed by atoms with Crippen LogP contribution in [0.1, 0.15) is 32.8 Å². The molecule has 2 heterocycles. The molecule has 146 valence electrons. The van der Waals surface area contributed by atoms with E-state index in [1.165, 1.54) is 17.3 Å². The number of nitrogens with one attached hydrogen (secondary N) is 1. The van der Waals surface area contributed by atoms with E-state index in [0.717, 1.165) is 23.5 Å². The Morgan fingerprint density at radius 2 is 1.79 bits per heavy atom. The number of benzene rings is 1. The van der Waals surface area contributed by atoms with Crippen LogP contribution in [0.3, 0.4) is 0 Å². The van der Waals surface area contributed by atoms with Gasteiger partial charge in [-0.05, 0) is 51.5 Å². The maximum absolute atomic E-state index is 12.4. The summed E-state index contributed by atoms with van der Waals surface area (Å²) in [5, 5.41) is 12.5. The van der Waals surface area contributed by atoms with Gasteiger partial charge >= 0.3 is 0 Å². The van der Waals surface area contributed by atoms with Crippen LogP contribution in [0.2, 0.25) is 0 Å². The first-order chi connectivity index (χ1) is 13.4. The monoisotopic (exact) mass is 395 g/mol. The molecule has 7 heteroatoms. The van der Waals surface area contributed by atoms with Gasteiger partial charge in [-0.1, -0.05) is 36.4 Å². The third kappa shape index (κ3) is 4.78. The van der Waals surface area contributed by atoms with Gasteiger partial charge in [0.05, 0.1) is 5.75 Å². The molecular formula is C21H25N5OS. The van der Waals surface area contributed by atoms with Gasteiger partial charge in [-0.15, -0.1) is 10.2 Å². The fourth-order valence-electron chi connectivity index (χ4n) is 2.61. The van der Waals surface area contributed by atoms with E-state index in [4.69, 9.17) is 0 Å². The number of aromatic nitrogens is 4. The van der Waals surface area contributed by atoms with E-state index in [1.807, 2.05) is 42.7 Å². The Morgan fingerprint density at radius 3 is 2.43 bits per heavy atom. The SMILES string of the molecule is CCC(C)(C)NC(=O)CSc1nnc(-c2ccncc2)n1-c1ccc(C)cc1. The average molecular weight is 396 g/mol. The Bertz CT molecular complexity index is 935. The highest BCUT2D eigenvalue weighted by Crippen LogP contribution is 2.28. The van der Waals surface area contributed by atoms with Crippen LogP contribution in [0, 0.1) is 6.92 Å². The average Bonchev–Trinajstić information content (AvgIpc) is 3.11. The minimum atomic E-state index is -0.218. The van der Waals surface area contributed by atoms with Gasteiger partial charge in [0.25, 0.3) is 0 Å². The zero-order valence-corrected chi connectivity index (χ0v) is 17.5. The summed E-state index contributed by atoms with van der Waals surface area (Å²) < 4.78 is 1.98. The lowest BCUT2D eigenvalue weighted by atomic mass is 10.0. The maximum Gasteiger partial charge on any atom is 0.230 e. The van der Waals surface area contributed by atoms with Crippen molar-refractivity contribution >= 4 is 17.7 Å². The van der Waals surface area contributed by atoms with Crippen molar-refractivity contribution in [3.05, 3.63) is 54.4 Å². The van der Waals surface area contributed by atoms with Crippen LogP contribution in [0.15, 0.2) is 53.9 Å². The number of hydrogen-bond donors (Lipinski definition) is 1. The molecule has 2 aromatic heterocycles. The van der Waals surface area contributed by atoms with Crippen LogP contribution in [0.5, 0.6) is 0 Å². The molecule has 1 amide bonds. The number of hydrogen-bond acceptors (Lipinski definition) is 5. The number of rotatable bonds is 7. The summed E-state index contributed by atoms with van der Waals surface area (Å²) >= 11 is 1.38. The normalized spacial score (nSPS) is 11.4. The summed E-state index contributed by atoms with van der Waals surface area (Å²) in [6.07, 6.45) is 4.34. The Labute approximate surface area is 169 Å². The number of amides is 1. The minimum absolute atomic E-state index is 0.0132. The van der Waals surface area contributed by atoms with E-state index >= 15 is 0 Å². The van der Waals surface area contributed by atoms with Crippen molar-refractivity contribution in [3.63, 3.8) is 0 Å². The molecule has 0 aliphatic rings. The number of nitrogens with zero attached hydrogens (tertiary/aromatic N) is 4. The molecule has 3 aromatic rings. The highest BCUT2D eigenvalue weighted by molar-refractivity contribution is 7.99. The van der Waals surface area contributed by atoms with Crippen LogP contribution >= 0.6 is 11.8 Å². The van der Waals surface area contributed by atoms with Crippen molar-refractivity contribution in [1.82, 2.24) is 25.1 Å². The van der Waals surface area contributed by atoms with Crippen LogP contribution < -0.4 is 5.32 Å². The van der Waals surface area contributed by atoms with Crippen molar-refractivity contribution in [3.8, 4) is 17.1 Å². The lowest BCUT2D eigenvalue weighted by Crippen LogP contribution is -2.43. The standard InChI is InChI=1S/C21H25N5OS/c1-5-21(3,4)23-18(27)14-28-20-25-24-19(16-10-12-22-13-11-16)26(20)17-8-6-15(2)7-9-17/h6-13H,5,14H2,1-4H3,(H,23,27). The van der Waals surface area contributed by atoms with Gasteiger partial charge in [-0.25, -0.2) is 0 Å². The Hall–Kier alpha value is -2.67. The number of carbonyl (C=O) groups excluding carboxylic acids is 1. The van der Waals surface area contributed by atoms with Crippen molar-refractivity contribution in [1.29, 1.82) is 0 Å². The highest BCUT2D eigenvalue weighted by Gasteiger charge is 2.20. The smallest absolute Gasteiger partial charge is 0.230 e.